The van der Waals surface area contributed by atoms with Crippen molar-refractivity contribution in [2.24, 2.45) is 0 Å². The lowest BCUT2D eigenvalue weighted by molar-refractivity contribution is -0.159. The molecule has 108 valence electrons. The van der Waals surface area contributed by atoms with E-state index in [1.807, 2.05) is 6.92 Å². The summed E-state index contributed by atoms with van der Waals surface area (Å²) in [6, 6.07) is 6.97. The molecule has 1 aromatic rings. The molecule has 1 aromatic carbocycles. The number of esters is 2. The third-order valence-corrected chi connectivity index (χ3v) is 3.21. The van der Waals surface area contributed by atoms with Crippen molar-refractivity contribution < 1.29 is 23.8 Å². The number of benzene rings is 1. The highest BCUT2D eigenvalue weighted by Crippen LogP contribution is 2.31. The summed E-state index contributed by atoms with van der Waals surface area (Å²) in [5.41, 5.74) is 0.477. The molecule has 2 rings (SSSR count). The van der Waals surface area contributed by atoms with E-state index in [9.17, 15) is 9.59 Å². The van der Waals surface area contributed by atoms with Crippen molar-refractivity contribution in [3.63, 3.8) is 0 Å². The summed E-state index contributed by atoms with van der Waals surface area (Å²) in [5, 5.41) is 0. The second-order valence-electron chi connectivity index (χ2n) is 4.91. The topological polar surface area (TPSA) is 61.8 Å². The molecular weight excluding hydrogens is 260 g/mol. The number of methoxy groups -OCH3 is 1. The van der Waals surface area contributed by atoms with Crippen molar-refractivity contribution in [1.82, 2.24) is 0 Å². The van der Waals surface area contributed by atoms with E-state index in [1.165, 1.54) is 7.11 Å². The van der Waals surface area contributed by atoms with Gasteiger partial charge in [-0.3, -0.25) is 9.59 Å². The van der Waals surface area contributed by atoms with Gasteiger partial charge in [0.05, 0.1) is 13.2 Å². The molecule has 0 saturated carbocycles. The maximum absolute atomic E-state index is 12.2. The fourth-order valence-electron chi connectivity index (χ4n) is 2.34. The summed E-state index contributed by atoms with van der Waals surface area (Å²) < 4.78 is 15.9. The first kappa shape index (κ1) is 14.4. The molecule has 0 aliphatic carbocycles. The first-order chi connectivity index (χ1) is 9.52. The van der Waals surface area contributed by atoms with Crippen LogP contribution in [-0.2, 0) is 19.1 Å². The van der Waals surface area contributed by atoms with Crippen LogP contribution in [0.5, 0.6) is 5.75 Å². The summed E-state index contributed by atoms with van der Waals surface area (Å²) in [4.78, 5) is 24.1. The molecule has 0 saturated heterocycles. The molecule has 5 nitrogen and oxygen atoms in total. The monoisotopic (exact) mass is 278 g/mol. The average Bonchev–Trinajstić information content (AvgIpc) is 2.43. The fourth-order valence-corrected chi connectivity index (χ4v) is 2.34. The van der Waals surface area contributed by atoms with Gasteiger partial charge in [-0.1, -0.05) is 18.2 Å². The van der Waals surface area contributed by atoms with Crippen LogP contribution in [-0.4, -0.2) is 31.3 Å². The molecule has 0 radical (unpaired) electrons. The Morgan fingerprint density at radius 1 is 1.20 bits per heavy atom. The smallest absolute Gasteiger partial charge is 0.325 e. The van der Waals surface area contributed by atoms with Gasteiger partial charge in [0.25, 0.3) is 0 Å². The number of fused-ring (bicyclic) bond motifs is 1. The van der Waals surface area contributed by atoms with Crippen LogP contribution < -0.4 is 4.74 Å². The van der Waals surface area contributed by atoms with Gasteiger partial charge >= 0.3 is 11.9 Å². The van der Waals surface area contributed by atoms with Gasteiger partial charge in [0.1, 0.15) is 11.9 Å². The summed E-state index contributed by atoms with van der Waals surface area (Å²) >= 11 is 0. The Morgan fingerprint density at radius 2 is 1.85 bits per heavy atom. The Balaban J connectivity index is 2.49. The van der Waals surface area contributed by atoms with E-state index in [2.05, 4.69) is 0 Å². The predicted octanol–water partition coefficient (Wildman–Crippen LogP) is 2.05. The maximum Gasteiger partial charge on any atom is 0.325 e. The minimum atomic E-state index is -1.11. The summed E-state index contributed by atoms with van der Waals surface area (Å²) in [7, 11) is 1.25. The van der Waals surface area contributed by atoms with Gasteiger partial charge in [-0.15, -0.1) is 0 Å². The van der Waals surface area contributed by atoms with Crippen molar-refractivity contribution in [2.45, 2.75) is 38.4 Å². The van der Waals surface area contributed by atoms with Crippen LogP contribution >= 0.6 is 0 Å². The van der Waals surface area contributed by atoms with Gasteiger partial charge < -0.3 is 14.2 Å². The van der Waals surface area contributed by atoms with E-state index >= 15 is 0 Å². The van der Waals surface area contributed by atoms with Crippen LogP contribution in [0.3, 0.4) is 0 Å². The van der Waals surface area contributed by atoms with E-state index in [0.717, 1.165) is 0 Å². The minimum absolute atomic E-state index is 0.115. The lowest BCUT2D eigenvalue weighted by atomic mass is 9.98. The highest BCUT2D eigenvalue weighted by atomic mass is 16.6. The molecule has 20 heavy (non-hydrogen) atoms. The third kappa shape index (κ3) is 2.92. The zero-order chi connectivity index (χ0) is 14.7. The van der Waals surface area contributed by atoms with Crippen LogP contribution in [0, 0.1) is 0 Å². The Morgan fingerprint density at radius 3 is 2.55 bits per heavy atom. The number of hydrogen-bond acceptors (Lipinski definition) is 5. The Hall–Kier alpha value is -2.04. The molecule has 1 aliphatic heterocycles. The van der Waals surface area contributed by atoms with E-state index in [4.69, 9.17) is 14.2 Å². The van der Waals surface area contributed by atoms with Crippen LogP contribution in [0.4, 0.5) is 0 Å². The first-order valence-corrected chi connectivity index (χ1v) is 6.56. The molecule has 3 atom stereocenters. The molecule has 0 amide bonds. The summed E-state index contributed by atoms with van der Waals surface area (Å²) in [6.45, 7) is 3.68. The van der Waals surface area contributed by atoms with Crippen molar-refractivity contribution in [3.05, 3.63) is 29.8 Å². The first-order valence-electron chi connectivity index (χ1n) is 6.56. The molecule has 5 heteroatoms. The number of carbonyl (C=O) groups is 2. The Labute approximate surface area is 117 Å². The van der Waals surface area contributed by atoms with Crippen molar-refractivity contribution in [2.75, 3.05) is 7.11 Å². The van der Waals surface area contributed by atoms with Gasteiger partial charge in [-0.05, 0) is 19.9 Å². The molecule has 1 aliphatic rings. The summed E-state index contributed by atoms with van der Waals surface area (Å²) in [6.07, 6.45) is 0.128. The molecule has 0 fully saturated rings. The molecular formula is C15H18O5. The molecule has 1 unspecified atom stereocenters. The van der Waals surface area contributed by atoms with Crippen LogP contribution in [0.25, 0.3) is 0 Å². The quantitative estimate of drug-likeness (QED) is 0.581. The number of carbonyl (C=O) groups excluding carboxylic acids is 2. The number of rotatable bonds is 1. The van der Waals surface area contributed by atoms with Crippen LogP contribution in [0.1, 0.15) is 31.7 Å². The fraction of sp³-hybridized carbons (Fsp3) is 0.467. The number of cyclic esters (lactones) is 1. The van der Waals surface area contributed by atoms with E-state index in [-0.39, 0.29) is 12.2 Å². The normalized spacial score (nSPS) is 26.1. The van der Waals surface area contributed by atoms with Crippen molar-refractivity contribution in [3.8, 4) is 5.75 Å². The largest absolute Gasteiger partial charge is 0.490 e. The van der Waals surface area contributed by atoms with E-state index in [0.29, 0.717) is 17.7 Å². The van der Waals surface area contributed by atoms with Gasteiger partial charge in [0.15, 0.2) is 5.92 Å². The van der Waals surface area contributed by atoms with Crippen molar-refractivity contribution >= 4 is 11.9 Å². The van der Waals surface area contributed by atoms with Gasteiger partial charge in [-0.25, -0.2) is 0 Å². The standard InChI is InChI=1S/C15H18O5/c1-9-8-10(2)20-15(17)13(14(16)18-3)11-6-4-5-7-12(11)19-9/h4-7,9-10,13H,8H2,1-3H3/t9-,10-,13?/m0/s1. The van der Waals surface area contributed by atoms with Gasteiger partial charge in [-0.2, -0.15) is 0 Å². The lowest BCUT2D eigenvalue weighted by Crippen LogP contribution is -2.28. The third-order valence-electron chi connectivity index (χ3n) is 3.21. The number of ether oxygens (including phenoxy) is 3. The molecule has 1 heterocycles. The minimum Gasteiger partial charge on any atom is -0.490 e. The molecule has 0 bridgehead atoms. The number of hydrogen-bond donors (Lipinski definition) is 0. The van der Waals surface area contributed by atoms with E-state index < -0.39 is 17.9 Å². The van der Waals surface area contributed by atoms with Gasteiger partial charge in [0.2, 0.25) is 0 Å². The van der Waals surface area contributed by atoms with Crippen LogP contribution in [0.15, 0.2) is 24.3 Å². The molecule has 0 N–H and O–H groups in total. The molecule has 0 spiro atoms. The number of para-hydroxylation sites is 1. The second kappa shape index (κ2) is 5.94. The van der Waals surface area contributed by atoms with Crippen molar-refractivity contribution in [1.29, 1.82) is 0 Å². The SMILES string of the molecule is COC(=O)C1C(=O)O[C@@H](C)C[C@H](C)Oc2ccccc21. The predicted molar refractivity (Wildman–Crippen MR) is 71.5 cm³/mol. The highest BCUT2D eigenvalue weighted by Gasteiger charge is 2.36. The maximum atomic E-state index is 12.2. The second-order valence-corrected chi connectivity index (χ2v) is 4.91. The zero-order valence-corrected chi connectivity index (χ0v) is 11.8. The van der Waals surface area contributed by atoms with E-state index in [1.54, 1.807) is 31.2 Å². The lowest BCUT2D eigenvalue weighted by Gasteiger charge is -2.17. The average molecular weight is 278 g/mol. The zero-order valence-electron chi connectivity index (χ0n) is 11.8. The van der Waals surface area contributed by atoms with Gasteiger partial charge in [0, 0.05) is 12.0 Å². The van der Waals surface area contributed by atoms with Crippen LogP contribution in [0.2, 0.25) is 0 Å². The Bertz CT molecular complexity index is 511. The molecule has 0 aromatic heterocycles. The Kier molecular flexibility index (Phi) is 4.27. The summed E-state index contributed by atoms with van der Waals surface area (Å²) in [5.74, 6) is -1.84. The highest BCUT2D eigenvalue weighted by molar-refractivity contribution is 6.01.